The maximum Gasteiger partial charge on any atom is 0.323 e. The fraction of sp³-hybridized carbons (Fsp3) is 0.438. The molecule has 23 heavy (non-hydrogen) atoms. The molecule has 0 radical (unpaired) electrons. The highest BCUT2D eigenvalue weighted by Crippen LogP contribution is 2.12. The van der Waals surface area contributed by atoms with Crippen molar-refractivity contribution in [3.63, 3.8) is 0 Å². The summed E-state index contributed by atoms with van der Waals surface area (Å²) in [7, 11) is 0. The van der Waals surface area contributed by atoms with Crippen molar-refractivity contribution in [1.29, 1.82) is 0 Å². The molecular weight excluding hydrogens is 294 g/mol. The summed E-state index contributed by atoms with van der Waals surface area (Å²) in [5, 5.41) is 6.80. The number of anilines is 1. The van der Waals surface area contributed by atoms with Crippen molar-refractivity contribution in [3.8, 4) is 0 Å². The van der Waals surface area contributed by atoms with Crippen molar-refractivity contribution in [2.45, 2.75) is 20.4 Å². The van der Waals surface area contributed by atoms with Gasteiger partial charge in [0.05, 0.1) is 5.69 Å². The van der Waals surface area contributed by atoms with Gasteiger partial charge in [0.1, 0.15) is 12.1 Å². The number of piperazine rings is 1. The largest absolute Gasteiger partial charge is 0.364 e. The number of nitrogens with one attached hydrogen (secondary N) is 1. The molecular formula is C16H21N5O2. The number of hydrogen-bond donors (Lipinski definition) is 1. The van der Waals surface area contributed by atoms with Gasteiger partial charge in [-0.15, -0.1) is 0 Å². The predicted octanol–water partition coefficient (Wildman–Crippen LogP) is 2.04. The van der Waals surface area contributed by atoms with Gasteiger partial charge in [0, 0.05) is 44.5 Å². The summed E-state index contributed by atoms with van der Waals surface area (Å²) in [4.78, 5) is 20.8. The van der Waals surface area contributed by atoms with E-state index < -0.39 is 0 Å². The molecule has 2 amide bonds. The van der Waals surface area contributed by atoms with E-state index in [1.807, 2.05) is 36.9 Å². The van der Waals surface area contributed by atoms with E-state index in [0.29, 0.717) is 18.9 Å². The van der Waals surface area contributed by atoms with Crippen LogP contribution in [0.25, 0.3) is 0 Å². The molecule has 0 atom stereocenters. The SMILES string of the molecule is Cc1cc(C)nc(NC(=O)N2CCN(Cc3ccon3)CC2)c1. The van der Waals surface area contributed by atoms with E-state index in [0.717, 1.165) is 36.6 Å². The highest BCUT2D eigenvalue weighted by atomic mass is 16.5. The van der Waals surface area contributed by atoms with Gasteiger partial charge >= 0.3 is 6.03 Å². The first kappa shape index (κ1) is 15.5. The van der Waals surface area contributed by atoms with Crippen LogP contribution in [0.5, 0.6) is 0 Å². The monoisotopic (exact) mass is 315 g/mol. The predicted molar refractivity (Wildman–Crippen MR) is 86.1 cm³/mol. The average molecular weight is 315 g/mol. The minimum absolute atomic E-state index is 0.0939. The Hall–Kier alpha value is -2.41. The van der Waals surface area contributed by atoms with Crippen LogP contribution in [-0.4, -0.2) is 52.2 Å². The lowest BCUT2D eigenvalue weighted by Crippen LogP contribution is -2.49. The molecule has 0 spiro atoms. The zero-order valence-electron chi connectivity index (χ0n) is 13.5. The fourth-order valence-electron chi connectivity index (χ4n) is 2.75. The number of pyridine rings is 1. The van der Waals surface area contributed by atoms with E-state index in [9.17, 15) is 4.79 Å². The minimum atomic E-state index is -0.0939. The highest BCUT2D eigenvalue weighted by molar-refractivity contribution is 5.88. The van der Waals surface area contributed by atoms with Gasteiger partial charge in [-0.2, -0.15) is 0 Å². The van der Waals surface area contributed by atoms with Crippen LogP contribution in [-0.2, 0) is 6.54 Å². The molecule has 0 bridgehead atoms. The molecule has 0 aromatic carbocycles. The number of carbonyl (C=O) groups is 1. The molecule has 3 heterocycles. The third kappa shape index (κ3) is 4.07. The Kier molecular flexibility index (Phi) is 4.57. The van der Waals surface area contributed by atoms with Crippen LogP contribution in [0, 0.1) is 13.8 Å². The normalized spacial score (nSPS) is 15.7. The third-order valence-electron chi connectivity index (χ3n) is 3.87. The Balaban J connectivity index is 1.51. The molecule has 0 aliphatic carbocycles. The zero-order chi connectivity index (χ0) is 16.2. The molecule has 1 fully saturated rings. The Morgan fingerprint density at radius 2 is 2.04 bits per heavy atom. The summed E-state index contributed by atoms with van der Waals surface area (Å²) in [6.45, 7) is 7.69. The van der Waals surface area contributed by atoms with Crippen LogP contribution in [0.4, 0.5) is 10.6 Å². The summed E-state index contributed by atoms with van der Waals surface area (Å²) in [5.41, 5.74) is 2.91. The van der Waals surface area contributed by atoms with Crippen molar-refractivity contribution in [2.24, 2.45) is 0 Å². The topological polar surface area (TPSA) is 74.5 Å². The van der Waals surface area contributed by atoms with Crippen LogP contribution in [0.2, 0.25) is 0 Å². The number of aryl methyl sites for hydroxylation is 2. The standard InChI is InChI=1S/C16H21N5O2/c1-12-9-13(2)17-15(10-12)18-16(22)21-6-4-20(5-7-21)11-14-3-8-23-19-14/h3,8-10H,4-7,11H2,1-2H3,(H,17,18,22). The van der Waals surface area contributed by atoms with Crippen molar-refractivity contribution in [1.82, 2.24) is 19.9 Å². The fourth-order valence-corrected chi connectivity index (χ4v) is 2.75. The maximum atomic E-state index is 12.3. The number of amides is 2. The van der Waals surface area contributed by atoms with Gasteiger partial charge in [-0.25, -0.2) is 9.78 Å². The highest BCUT2D eigenvalue weighted by Gasteiger charge is 2.22. The van der Waals surface area contributed by atoms with Gasteiger partial charge in [-0.3, -0.25) is 10.2 Å². The molecule has 2 aromatic rings. The van der Waals surface area contributed by atoms with E-state index in [4.69, 9.17) is 4.52 Å². The van der Waals surface area contributed by atoms with Crippen LogP contribution in [0.3, 0.4) is 0 Å². The van der Waals surface area contributed by atoms with Gasteiger partial charge in [0.2, 0.25) is 0 Å². The second-order valence-electron chi connectivity index (χ2n) is 5.86. The van der Waals surface area contributed by atoms with Gasteiger partial charge < -0.3 is 9.42 Å². The van der Waals surface area contributed by atoms with Crippen molar-refractivity contribution >= 4 is 11.8 Å². The van der Waals surface area contributed by atoms with Crippen molar-refractivity contribution in [3.05, 3.63) is 41.4 Å². The summed E-state index contributed by atoms with van der Waals surface area (Å²) in [6, 6.07) is 5.64. The molecule has 0 unspecified atom stereocenters. The second-order valence-corrected chi connectivity index (χ2v) is 5.86. The Morgan fingerprint density at radius 1 is 1.26 bits per heavy atom. The van der Waals surface area contributed by atoms with E-state index in [2.05, 4.69) is 20.4 Å². The van der Waals surface area contributed by atoms with E-state index in [1.165, 1.54) is 0 Å². The van der Waals surface area contributed by atoms with Crippen molar-refractivity contribution < 1.29 is 9.32 Å². The van der Waals surface area contributed by atoms with Crippen LogP contribution in [0.15, 0.2) is 29.0 Å². The van der Waals surface area contributed by atoms with E-state index in [1.54, 1.807) is 6.26 Å². The molecule has 0 saturated carbocycles. The molecule has 1 aliphatic heterocycles. The zero-order valence-corrected chi connectivity index (χ0v) is 13.5. The number of carbonyl (C=O) groups excluding carboxylic acids is 1. The lowest BCUT2D eigenvalue weighted by Gasteiger charge is -2.34. The lowest BCUT2D eigenvalue weighted by atomic mass is 10.2. The molecule has 7 heteroatoms. The maximum absolute atomic E-state index is 12.3. The molecule has 3 rings (SSSR count). The summed E-state index contributed by atoms with van der Waals surface area (Å²) in [5.74, 6) is 0.609. The summed E-state index contributed by atoms with van der Waals surface area (Å²) in [6.07, 6.45) is 1.58. The molecule has 2 aromatic heterocycles. The van der Waals surface area contributed by atoms with Crippen molar-refractivity contribution in [2.75, 3.05) is 31.5 Å². The number of aromatic nitrogens is 2. The Bertz CT molecular complexity index is 643. The van der Waals surface area contributed by atoms with Gasteiger partial charge in [-0.05, 0) is 31.5 Å². The van der Waals surface area contributed by atoms with Gasteiger partial charge in [0.15, 0.2) is 0 Å². The van der Waals surface area contributed by atoms with E-state index >= 15 is 0 Å². The van der Waals surface area contributed by atoms with Crippen LogP contribution >= 0.6 is 0 Å². The number of urea groups is 1. The molecule has 122 valence electrons. The third-order valence-corrected chi connectivity index (χ3v) is 3.87. The first-order chi connectivity index (χ1) is 11.1. The molecule has 7 nitrogen and oxygen atoms in total. The quantitative estimate of drug-likeness (QED) is 0.938. The molecule has 1 saturated heterocycles. The lowest BCUT2D eigenvalue weighted by molar-refractivity contribution is 0.141. The average Bonchev–Trinajstić information content (AvgIpc) is 3.00. The summed E-state index contributed by atoms with van der Waals surface area (Å²) < 4.78 is 4.84. The second kappa shape index (κ2) is 6.78. The van der Waals surface area contributed by atoms with Gasteiger partial charge in [0.25, 0.3) is 0 Å². The number of hydrogen-bond acceptors (Lipinski definition) is 5. The summed E-state index contributed by atoms with van der Waals surface area (Å²) >= 11 is 0. The number of nitrogens with zero attached hydrogens (tertiary/aromatic N) is 4. The van der Waals surface area contributed by atoms with Gasteiger partial charge in [-0.1, -0.05) is 5.16 Å². The molecule has 1 N–H and O–H groups in total. The van der Waals surface area contributed by atoms with Crippen LogP contribution in [0.1, 0.15) is 17.0 Å². The van der Waals surface area contributed by atoms with E-state index in [-0.39, 0.29) is 6.03 Å². The number of rotatable bonds is 3. The first-order valence-electron chi connectivity index (χ1n) is 7.73. The Morgan fingerprint density at radius 3 is 2.70 bits per heavy atom. The Labute approximate surface area is 135 Å². The van der Waals surface area contributed by atoms with Crippen LogP contribution < -0.4 is 5.32 Å². The first-order valence-corrected chi connectivity index (χ1v) is 7.73. The molecule has 1 aliphatic rings. The smallest absolute Gasteiger partial charge is 0.323 e. The minimum Gasteiger partial charge on any atom is -0.364 e.